The summed E-state index contributed by atoms with van der Waals surface area (Å²) in [6.07, 6.45) is -0.0566. The average Bonchev–Trinajstić information content (AvgIpc) is 2.22. The van der Waals surface area contributed by atoms with Gasteiger partial charge in [-0.25, -0.2) is 4.39 Å². The van der Waals surface area contributed by atoms with Crippen LogP contribution in [-0.2, 0) is 9.59 Å². The SMILES string of the molecule is CC(CC(=O)O)CC(=O)Nc1c(F)cccc1Br. The predicted molar refractivity (Wildman–Crippen MR) is 68.8 cm³/mol. The molecule has 18 heavy (non-hydrogen) atoms. The summed E-state index contributed by atoms with van der Waals surface area (Å²) < 4.78 is 13.9. The quantitative estimate of drug-likeness (QED) is 0.877. The summed E-state index contributed by atoms with van der Waals surface area (Å²) in [5.41, 5.74) is 0.0741. The maximum absolute atomic E-state index is 13.4. The molecule has 0 radical (unpaired) electrons. The molecule has 0 saturated carbocycles. The Morgan fingerprint density at radius 1 is 1.44 bits per heavy atom. The zero-order chi connectivity index (χ0) is 13.7. The van der Waals surface area contributed by atoms with Crippen molar-refractivity contribution < 1.29 is 19.1 Å². The molecule has 0 bridgehead atoms. The van der Waals surface area contributed by atoms with Crippen LogP contribution in [0.15, 0.2) is 22.7 Å². The molecule has 0 aromatic heterocycles. The van der Waals surface area contributed by atoms with E-state index >= 15 is 0 Å². The normalized spacial score (nSPS) is 11.9. The van der Waals surface area contributed by atoms with Crippen LogP contribution < -0.4 is 5.32 Å². The molecule has 0 spiro atoms. The van der Waals surface area contributed by atoms with Crippen LogP contribution in [0.1, 0.15) is 19.8 Å². The maximum atomic E-state index is 13.4. The first kappa shape index (κ1) is 14.6. The Morgan fingerprint density at radius 3 is 2.67 bits per heavy atom. The second kappa shape index (κ2) is 6.49. The second-order valence-electron chi connectivity index (χ2n) is 4.05. The molecule has 0 heterocycles. The number of rotatable bonds is 5. The van der Waals surface area contributed by atoms with Gasteiger partial charge >= 0.3 is 5.97 Å². The number of carbonyl (C=O) groups excluding carboxylic acids is 1. The molecule has 0 saturated heterocycles. The molecule has 1 aromatic rings. The Hall–Kier alpha value is -1.43. The first-order valence-electron chi connectivity index (χ1n) is 5.35. The fourth-order valence-electron chi connectivity index (χ4n) is 1.49. The third-order valence-electron chi connectivity index (χ3n) is 2.28. The van der Waals surface area contributed by atoms with Crippen LogP contribution in [0.4, 0.5) is 10.1 Å². The summed E-state index contributed by atoms with van der Waals surface area (Å²) in [6.45, 7) is 1.66. The Bertz CT molecular complexity index is 444. The molecule has 1 amide bonds. The van der Waals surface area contributed by atoms with Crippen LogP contribution in [0.5, 0.6) is 0 Å². The van der Waals surface area contributed by atoms with Gasteiger partial charge in [0.1, 0.15) is 5.82 Å². The highest BCUT2D eigenvalue weighted by Gasteiger charge is 2.15. The van der Waals surface area contributed by atoms with E-state index in [1.807, 2.05) is 0 Å². The molecular formula is C12H13BrFNO3. The molecule has 1 atom stereocenters. The first-order valence-corrected chi connectivity index (χ1v) is 6.15. The minimum atomic E-state index is -0.956. The van der Waals surface area contributed by atoms with E-state index < -0.39 is 17.7 Å². The number of amides is 1. The summed E-state index contributed by atoms with van der Waals surface area (Å²) in [5, 5.41) is 11.0. The van der Waals surface area contributed by atoms with Gasteiger partial charge in [0.15, 0.2) is 0 Å². The molecule has 98 valence electrons. The highest BCUT2D eigenvalue weighted by Crippen LogP contribution is 2.25. The van der Waals surface area contributed by atoms with Crippen molar-refractivity contribution in [2.45, 2.75) is 19.8 Å². The fourth-order valence-corrected chi connectivity index (χ4v) is 1.94. The van der Waals surface area contributed by atoms with Crippen LogP contribution in [0.3, 0.4) is 0 Å². The zero-order valence-corrected chi connectivity index (χ0v) is 11.3. The van der Waals surface area contributed by atoms with Crippen molar-refractivity contribution in [3.8, 4) is 0 Å². The van der Waals surface area contributed by atoms with E-state index in [4.69, 9.17) is 5.11 Å². The van der Waals surface area contributed by atoms with Gasteiger partial charge in [-0.05, 0) is 34.0 Å². The minimum absolute atomic E-state index is 0.0348. The smallest absolute Gasteiger partial charge is 0.303 e. The molecule has 0 aliphatic rings. The van der Waals surface area contributed by atoms with E-state index in [9.17, 15) is 14.0 Å². The number of carbonyl (C=O) groups is 2. The molecular weight excluding hydrogens is 305 g/mol. The molecule has 0 aliphatic carbocycles. The van der Waals surface area contributed by atoms with E-state index in [0.29, 0.717) is 4.47 Å². The number of nitrogens with one attached hydrogen (secondary N) is 1. The van der Waals surface area contributed by atoms with Crippen molar-refractivity contribution in [3.05, 3.63) is 28.5 Å². The topological polar surface area (TPSA) is 66.4 Å². The van der Waals surface area contributed by atoms with Gasteiger partial charge in [0.05, 0.1) is 5.69 Å². The van der Waals surface area contributed by atoms with Gasteiger partial charge in [-0.15, -0.1) is 0 Å². The highest BCUT2D eigenvalue weighted by molar-refractivity contribution is 9.10. The van der Waals surface area contributed by atoms with E-state index in [-0.39, 0.29) is 24.4 Å². The lowest BCUT2D eigenvalue weighted by Crippen LogP contribution is -2.17. The number of hydrogen-bond acceptors (Lipinski definition) is 2. The number of hydrogen-bond donors (Lipinski definition) is 2. The van der Waals surface area contributed by atoms with Gasteiger partial charge in [-0.3, -0.25) is 9.59 Å². The van der Waals surface area contributed by atoms with Crippen molar-refractivity contribution in [1.29, 1.82) is 0 Å². The lowest BCUT2D eigenvalue weighted by atomic mass is 10.0. The molecule has 4 nitrogen and oxygen atoms in total. The Balaban J connectivity index is 2.62. The van der Waals surface area contributed by atoms with E-state index in [0.717, 1.165) is 0 Å². The monoisotopic (exact) mass is 317 g/mol. The summed E-state index contributed by atoms with van der Waals surface area (Å²) in [7, 11) is 0. The fraction of sp³-hybridized carbons (Fsp3) is 0.333. The Kier molecular flexibility index (Phi) is 5.27. The maximum Gasteiger partial charge on any atom is 0.303 e. The van der Waals surface area contributed by atoms with Crippen LogP contribution in [0, 0.1) is 11.7 Å². The van der Waals surface area contributed by atoms with Gasteiger partial charge in [-0.2, -0.15) is 0 Å². The van der Waals surface area contributed by atoms with Crippen molar-refractivity contribution in [2.75, 3.05) is 5.32 Å². The average molecular weight is 318 g/mol. The Morgan fingerprint density at radius 2 is 2.11 bits per heavy atom. The van der Waals surface area contributed by atoms with Gasteiger partial charge < -0.3 is 10.4 Å². The number of carboxylic acid groups (broad SMARTS) is 1. The van der Waals surface area contributed by atoms with Crippen LogP contribution in [0.25, 0.3) is 0 Å². The van der Waals surface area contributed by atoms with E-state index in [1.165, 1.54) is 12.1 Å². The lowest BCUT2D eigenvalue weighted by Gasteiger charge is -2.11. The predicted octanol–water partition coefficient (Wildman–Crippen LogP) is 3.03. The Labute approximate surface area is 112 Å². The van der Waals surface area contributed by atoms with Crippen molar-refractivity contribution in [3.63, 3.8) is 0 Å². The van der Waals surface area contributed by atoms with Gasteiger partial charge in [0, 0.05) is 17.3 Å². The lowest BCUT2D eigenvalue weighted by molar-refractivity contribution is -0.138. The van der Waals surface area contributed by atoms with Crippen molar-refractivity contribution in [2.24, 2.45) is 5.92 Å². The molecule has 1 rings (SSSR count). The molecule has 2 N–H and O–H groups in total. The zero-order valence-electron chi connectivity index (χ0n) is 9.74. The molecule has 0 fully saturated rings. The molecule has 1 aromatic carbocycles. The largest absolute Gasteiger partial charge is 0.481 e. The summed E-state index contributed by atoms with van der Waals surface area (Å²) >= 11 is 3.13. The number of aliphatic carboxylic acids is 1. The van der Waals surface area contributed by atoms with Gasteiger partial charge in [0.2, 0.25) is 5.91 Å². The van der Waals surface area contributed by atoms with E-state index in [2.05, 4.69) is 21.2 Å². The molecule has 6 heteroatoms. The second-order valence-corrected chi connectivity index (χ2v) is 4.91. The summed E-state index contributed by atoms with van der Waals surface area (Å²) in [5.74, 6) is -2.20. The van der Waals surface area contributed by atoms with Crippen LogP contribution in [0.2, 0.25) is 0 Å². The number of carboxylic acids is 1. The van der Waals surface area contributed by atoms with Crippen LogP contribution >= 0.6 is 15.9 Å². The van der Waals surface area contributed by atoms with Crippen LogP contribution in [-0.4, -0.2) is 17.0 Å². The summed E-state index contributed by atoms with van der Waals surface area (Å²) in [6, 6.07) is 4.36. The standard InChI is InChI=1S/C12H13BrFNO3/c1-7(6-11(17)18)5-10(16)15-12-8(13)3-2-4-9(12)14/h2-4,7H,5-6H2,1H3,(H,15,16)(H,17,18). The third kappa shape index (κ3) is 4.44. The summed E-state index contributed by atoms with van der Waals surface area (Å²) in [4.78, 5) is 22.1. The van der Waals surface area contributed by atoms with Crippen molar-refractivity contribution >= 4 is 33.5 Å². The number of para-hydroxylation sites is 1. The number of halogens is 2. The highest BCUT2D eigenvalue weighted by atomic mass is 79.9. The van der Waals surface area contributed by atoms with Gasteiger partial charge in [0.25, 0.3) is 0 Å². The number of anilines is 1. The molecule has 1 unspecified atom stereocenters. The third-order valence-corrected chi connectivity index (χ3v) is 2.94. The first-order chi connectivity index (χ1) is 8.40. The van der Waals surface area contributed by atoms with Crippen molar-refractivity contribution in [1.82, 2.24) is 0 Å². The van der Waals surface area contributed by atoms with E-state index in [1.54, 1.807) is 13.0 Å². The minimum Gasteiger partial charge on any atom is -0.481 e. The number of benzene rings is 1. The molecule has 0 aliphatic heterocycles. The van der Waals surface area contributed by atoms with Gasteiger partial charge in [-0.1, -0.05) is 13.0 Å².